The second kappa shape index (κ2) is 6.96. The van der Waals surface area contributed by atoms with Crippen molar-refractivity contribution in [2.75, 3.05) is 0 Å². The molecule has 3 nitrogen and oxygen atoms in total. The summed E-state index contributed by atoms with van der Waals surface area (Å²) in [6.45, 7) is 0. The summed E-state index contributed by atoms with van der Waals surface area (Å²) in [7, 11) is 0. The molecule has 3 heterocycles. The zero-order valence-electron chi connectivity index (χ0n) is 16.5. The lowest BCUT2D eigenvalue weighted by Crippen LogP contribution is -2.22. The van der Waals surface area contributed by atoms with Gasteiger partial charge in [-0.1, -0.05) is 24.3 Å². The van der Waals surface area contributed by atoms with Crippen molar-refractivity contribution >= 4 is 26.9 Å². The molecule has 1 atom stereocenters. The summed E-state index contributed by atoms with van der Waals surface area (Å²) in [5.74, 6) is 1.59. The van der Waals surface area contributed by atoms with Crippen molar-refractivity contribution in [3.63, 3.8) is 0 Å². The molecule has 2 aliphatic carbocycles. The Morgan fingerprint density at radius 1 is 0.931 bits per heavy atom. The van der Waals surface area contributed by atoms with Gasteiger partial charge in [-0.15, -0.1) is 11.3 Å². The summed E-state index contributed by atoms with van der Waals surface area (Å²) in [6, 6.07) is 13.2. The molecular weight excluding hydrogens is 376 g/mol. The van der Waals surface area contributed by atoms with Crippen LogP contribution in [0.5, 0.6) is 0 Å². The molecule has 0 radical (unpaired) electrons. The lowest BCUT2D eigenvalue weighted by Gasteiger charge is -2.32. The van der Waals surface area contributed by atoms with Gasteiger partial charge in [0.15, 0.2) is 0 Å². The molecule has 4 aromatic rings. The van der Waals surface area contributed by atoms with E-state index in [-0.39, 0.29) is 0 Å². The predicted octanol–water partition coefficient (Wildman–Crippen LogP) is 6.43. The van der Waals surface area contributed by atoms with Crippen LogP contribution in [-0.4, -0.2) is 14.5 Å². The molecule has 0 unspecified atom stereocenters. The van der Waals surface area contributed by atoms with Crippen LogP contribution >= 0.6 is 11.3 Å². The van der Waals surface area contributed by atoms with Gasteiger partial charge in [-0.05, 0) is 90.3 Å². The fourth-order valence-corrected chi connectivity index (χ4v) is 6.41. The van der Waals surface area contributed by atoms with E-state index >= 15 is 0 Å². The number of fused-ring (bicyclic) bond motifs is 2. The molecule has 4 heteroatoms. The Morgan fingerprint density at radius 2 is 1.69 bits per heavy atom. The van der Waals surface area contributed by atoms with Crippen molar-refractivity contribution in [3.05, 3.63) is 71.1 Å². The molecule has 0 spiro atoms. The van der Waals surface area contributed by atoms with Gasteiger partial charge in [-0.3, -0.25) is 0 Å². The summed E-state index contributed by atoms with van der Waals surface area (Å²) in [5.41, 5.74) is 5.05. The number of rotatable bonds is 4. The largest absolute Gasteiger partial charge is 0.387 e. The van der Waals surface area contributed by atoms with E-state index in [1.54, 1.807) is 0 Å². The van der Waals surface area contributed by atoms with E-state index in [4.69, 9.17) is 0 Å². The Morgan fingerprint density at radius 3 is 2.52 bits per heavy atom. The van der Waals surface area contributed by atoms with E-state index in [2.05, 4.69) is 51.2 Å². The molecule has 2 aliphatic rings. The highest BCUT2D eigenvalue weighted by Gasteiger charge is 2.34. The molecule has 1 aromatic carbocycles. The normalized spacial score (nSPS) is 23.6. The number of hydrogen-bond donors (Lipinski definition) is 1. The van der Waals surface area contributed by atoms with Crippen molar-refractivity contribution in [3.8, 4) is 0 Å². The van der Waals surface area contributed by atoms with E-state index in [1.807, 2.05) is 23.9 Å². The first kappa shape index (κ1) is 17.7. The van der Waals surface area contributed by atoms with Crippen molar-refractivity contribution in [2.24, 2.45) is 5.92 Å². The highest BCUT2D eigenvalue weighted by atomic mass is 32.1. The van der Waals surface area contributed by atoms with Crippen LogP contribution < -0.4 is 0 Å². The lowest BCUT2D eigenvalue weighted by molar-refractivity contribution is 0.0755. The zero-order valence-corrected chi connectivity index (χ0v) is 17.3. The van der Waals surface area contributed by atoms with Crippen LogP contribution in [0.15, 0.2) is 54.3 Å². The number of benzene rings is 1. The van der Waals surface area contributed by atoms with E-state index in [9.17, 15) is 5.11 Å². The number of hydrogen-bond acceptors (Lipinski definition) is 3. The van der Waals surface area contributed by atoms with Crippen molar-refractivity contribution in [1.82, 2.24) is 9.38 Å². The van der Waals surface area contributed by atoms with Gasteiger partial charge in [0.2, 0.25) is 0 Å². The summed E-state index contributed by atoms with van der Waals surface area (Å²) >= 11 is 1.87. The molecule has 29 heavy (non-hydrogen) atoms. The number of aliphatic hydroxyl groups excluding tert-OH is 1. The van der Waals surface area contributed by atoms with Crippen LogP contribution in [0.3, 0.4) is 0 Å². The van der Waals surface area contributed by atoms with Crippen LogP contribution in [0, 0.1) is 5.92 Å². The molecule has 1 N–H and O–H groups in total. The van der Waals surface area contributed by atoms with E-state index in [1.165, 1.54) is 46.9 Å². The molecule has 2 fully saturated rings. The fraction of sp³-hybridized carbons (Fsp3) is 0.400. The van der Waals surface area contributed by atoms with E-state index in [0.29, 0.717) is 17.8 Å². The van der Waals surface area contributed by atoms with Crippen molar-refractivity contribution in [1.29, 1.82) is 0 Å². The van der Waals surface area contributed by atoms with E-state index < -0.39 is 6.10 Å². The average molecular weight is 403 g/mol. The molecule has 6 rings (SSSR count). The SMILES string of the molecule is O[C@H](c1c(C2CC2)ccc2cncn12)C1CCC(c2csc3ccccc23)CC1. The standard InChI is InChI=1S/C25H26N2OS/c28-25(24-20(16-5-6-16)12-11-19-13-26-15-27(19)24)18-9-7-17(8-10-18)22-14-29-23-4-2-1-3-21(22)23/h1-4,11-18,25,28H,5-10H2/t17?,18?,25-/m0/s1. The highest BCUT2D eigenvalue weighted by Crippen LogP contribution is 2.48. The lowest BCUT2D eigenvalue weighted by atomic mass is 9.75. The average Bonchev–Trinajstić information content (AvgIpc) is 3.34. The predicted molar refractivity (Wildman–Crippen MR) is 119 cm³/mol. The first-order chi connectivity index (χ1) is 14.3. The molecule has 0 saturated heterocycles. The molecular formula is C25H26N2OS. The van der Waals surface area contributed by atoms with Crippen LogP contribution in [0.25, 0.3) is 15.6 Å². The van der Waals surface area contributed by atoms with Gasteiger partial charge < -0.3 is 9.51 Å². The molecule has 3 aromatic heterocycles. The number of imidazole rings is 1. The van der Waals surface area contributed by atoms with Crippen LogP contribution in [0.2, 0.25) is 0 Å². The Bertz CT molecular complexity index is 1160. The molecule has 2 saturated carbocycles. The first-order valence-corrected chi connectivity index (χ1v) is 11.8. The van der Waals surface area contributed by atoms with Crippen LogP contribution in [-0.2, 0) is 0 Å². The third-order valence-electron chi connectivity index (χ3n) is 7.12. The van der Waals surface area contributed by atoms with Crippen LogP contribution in [0.4, 0.5) is 0 Å². The summed E-state index contributed by atoms with van der Waals surface area (Å²) in [5, 5.41) is 15.3. The van der Waals surface area contributed by atoms with E-state index in [0.717, 1.165) is 24.1 Å². The fourth-order valence-electron chi connectivity index (χ4n) is 5.37. The number of thiophene rings is 1. The Balaban J connectivity index is 1.26. The maximum Gasteiger partial charge on any atom is 0.0995 e. The van der Waals surface area contributed by atoms with Gasteiger partial charge in [-0.2, -0.15) is 0 Å². The summed E-state index contributed by atoms with van der Waals surface area (Å²) in [6.07, 6.45) is 10.4. The van der Waals surface area contributed by atoms with Gasteiger partial charge in [0.1, 0.15) is 0 Å². The van der Waals surface area contributed by atoms with Gasteiger partial charge in [-0.25, -0.2) is 4.98 Å². The van der Waals surface area contributed by atoms with Crippen LogP contribution in [0.1, 0.15) is 73.3 Å². The number of pyridine rings is 1. The molecule has 148 valence electrons. The van der Waals surface area contributed by atoms with Gasteiger partial charge in [0, 0.05) is 4.70 Å². The number of nitrogens with zero attached hydrogens (tertiary/aromatic N) is 2. The third kappa shape index (κ3) is 3.01. The zero-order chi connectivity index (χ0) is 19.4. The Hall–Kier alpha value is -2.17. The molecule has 0 amide bonds. The second-order valence-corrected chi connectivity index (χ2v) is 9.79. The molecule has 0 bridgehead atoms. The summed E-state index contributed by atoms with van der Waals surface area (Å²) in [4.78, 5) is 4.34. The Kier molecular flexibility index (Phi) is 4.24. The topological polar surface area (TPSA) is 37.5 Å². The third-order valence-corrected chi connectivity index (χ3v) is 8.10. The highest BCUT2D eigenvalue weighted by molar-refractivity contribution is 7.17. The maximum absolute atomic E-state index is 11.5. The summed E-state index contributed by atoms with van der Waals surface area (Å²) < 4.78 is 3.53. The Labute approximate surface area is 175 Å². The smallest absolute Gasteiger partial charge is 0.0995 e. The first-order valence-electron chi connectivity index (χ1n) is 10.9. The number of aliphatic hydroxyl groups is 1. The molecule has 0 aliphatic heterocycles. The monoisotopic (exact) mass is 402 g/mol. The van der Waals surface area contributed by atoms with Gasteiger partial charge >= 0.3 is 0 Å². The van der Waals surface area contributed by atoms with Crippen molar-refractivity contribution in [2.45, 2.75) is 56.5 Å². The minimum atomic E-state index is -0.399. The minimum Gasteiger partial charge on any atom is -0.387 e. The quantitative estimate of drug-likeness (QED) is 0.427. The second-order valence-electron chi connectivity index (χ2n) is 8.88. The van der Waals surface area contributed by atoms with Gasteiger partial charge in [0.05, 0.1) is 29.8 Å². The minimum absolute atomic E-state index is 0.335. The number of aromatic nitrogens is 2. The maximum atomic E-state index is 11.5. The van der Waals surface area contributed by atoms with Gasteiger partial charge in [0.25, 0.3) is 0 Å². The van der Waals surface area contributed by atoms with Crippen molar-refractivity contribution < 1.29 is 5.11 Å².